The number of ether oxygens (including phenoxy) is 3. The summed E-state index contributed by atoms with van der Waals surface area (Å²) in [7, 11) is 4.75. The molecule has 0 spiro atoms. The molecule has 0 saturated carbocycles. The Labute approximate surface area is 174 Å². The summed E-state index contributed by atoms with van der Waals surface area (Å²) < 4.78 is 53.0. The van der Waals surface area contributed by atoms with Gasteiger partial charge in [-0.25, -0.2) is 0 Å². The number of nitrogens with zero attached hydrogens (tertiary/aromatic N) is 1. The first-order chi connectivity index (χ1) is 14.3. The molecule has 2 aromatic carbocycles. The van der Waals surface area contributed by atoms with Crippen LogP contribution in [-0.4, -0.2) is 40.0 Å². The number of guanidine groups is 1. The smallest absolute Gasteiger partial charge is 0.422 e. The molecule has 0 heterocycles. The minimum absolute atomic E-state index is 0.190. The fraction of sp³-hybridized carbons (Fsp3) is 0.381. The summed E-state index contributed by atoms with van der Waals surface area (Å²) in [5.41, 5.74) is 2.35. The van der Waals surface area contributed by atoms with Crippen LogP contribution in [0.15, 0.2) is 41.4 Å². The molecule has 9 heteroatoms. The summed E-state index contributed by atoms with van der Waals surface area (Å²) in [4.78, 5) is 4.14. The molecule has 0 aliphatic rings. The zero-order valence-corrected chi connectivity index (χ0v) is 17.4. The van der Waals surface area contributed by atoms with E-state index in [0.29, 0.717) is 29.6 Å². The third-order valence-corrected chi connectivity index (χ3v) is 4.19. The molecule has 30 heavy (non-hydrogen) atoms. The SMILES string of the molecule is CN=C(NCc1ccc(OC)c(OC)c1)NCc1ccc(C)cc1OCC(F)(F)F. The van der Waals surface area contributed by atoms with Gasteiger partial charge in [0.05, 0.1) is 14.2 Å². The molecular formula is C21H26F3N3O3. The van der Waals surface area contributed by atoms with Gasteiger partial charge in [-0.3, -0.25) is 4.99 Å². The molecule has 0 aromatic heterocycles. The maximum absolute atomic E-state index is 12.5. The number of methoxy groups -OCH3 is 2. The molecule has 0 saturated heterocycles. The monoisotopic (exact) mass is 425 g/mol. The number of rotatable bonds is 8. The van der Waals surface area contributed by atoms with Crippen molar-refractivity contribution < 1.29 is 27.4 Å². The van der Waals surface area contributed by atoms with Gasteiger partial charge in [0.15, 0.2) is 24.1 Å². The summed E-state index contributed by atoms with van der Waals surface area (Å²) in [5, 5.41) is 6.24. The Morgan fingerprint density at radius 1 is 0.933 bits per heavy atom. The highest BCUT2D eigenvalue weighted by atomic mass is 19.4. The molecule has 0 fully saturated rings. The fourth-order valence-electron chi connectivity index (χ4n) is 2.68. The van der Waals surface area contributed by atoms with Gasteiger partial charge >= 0.3 is 6.18 Å². The third kappa shape index (κ3) is 7.06. The first kappa shape index (κ1) is 23.2. The lowest BCUT2D eigenvalue weighted by Crippen LogP contribution is -2.36. The van der Waals surface area contributed by atoms with Crippen LogP contribution in [0.25, 0.3) is 0 Å². The lowest BCUT2D eigenvalue weighted by molar-refractivity contribution is -0.153. The Morgan fingerprint density at radius 2 is 1.63 bits per heavy atom. The average Bonchev–Trinajstić information content (AvgIpc) is 2.72. The van der Waals surface area contributed by atoms with Crippen molar-refractivity contribution in [2.45, 2.75) is 26.2 Å². The first-order valence-corrected chi connectivity index (χ1v) is 9.20. The number of halogens is 3. The molecule has 0 unspecified atom stereocenters. The lowest BCUT2D eigenvalue weighted by Gasteiger charge is -2.16. The lowest BCUT2D eigenvalue weighted by atomic mass is 10.1. The Balaban J connectivity index is 1.99. The number of nitrogens with one attached hydrogen (secondary N) is 2. The van der Waals surface area contributed by atoms with Gasteiger partial charge in [-0.1, -0.05) is 18.2 Å². The Kier molecular flexibility index (Phi) is 8.20. The number of aryl methyl sites for hydroxylation is 1. The molecule has 0 atom stereocenters. The van der Waals surface area contributed by atoms with Crippen molar-refractivity contribution in [2.75, 3.05) is 27.9 Å². The Hall–Kier alpha value is -3.10. The molecule has 2 N–H and O–H groups in total. The van der Waals surface area contributed by atoms with Crippen molar-refractivity contribution in [3.8, 4) is 17.2 Å². The van der Waals surface area contributed by atoms with Gasteiger partial charge in [-0.2, -0.15) is 13.2 Å². The van der Waals surface area contributed by atoms with Crippen LogP contribution in [0.1, 0.15) is 16.7 Å². The molecule has 0 radical (unpaired) electrons. The van der Waals surface area contributed by atoms with E-state index in [0.717, 1.165) is 11.1 Å². The van der Waals surface area contributed by atoms with Crippen molar-refractivity contribution in [1.82, 2.24) is 10.6 Å². The van der Waals surface area contributed by atoms with Crippen molar-refractivity contribution in [2.24, 2.45) is 4.99 Å². The van der Waals surface area contributed by atoms with Gasteiger partial charge in [-0.15, -0.1) is 0 Å². The van der Waals surface area contributed by atoms with Crippen LogP contribution in [0, 0.1) is 6.92 Å². The van der Waals surface area contributed by atoms with Crippen molar-refractivity contribution in [1.29, 1.82) is 0 Å². The van der Waals surface area contributed by atoms with E-state index in [9.17, 15) is 13.2 Å². The summed E-state index contributed by atoms with van der Waals surface area (Å²) in [6.45, 7) is 1.17. The van der Waals surface area contributed by atoms with E-state index >= 15 is 0 Å². The maximum Gasteiger partial charge on any atom is 0.422 e. The van der Waals surface area contributed by atoms with E-state index in [4.69, 9.17) is 14.2 Å². The molecule has 6 nitrogen and oxygen atoms in total. The van der Waals surface area contributed by atoms with Crippen molar-refractivity contribution in [3.63, 3.8) is 0 Å². The molecule has 0 amide bonds. The summed E-state index contributed by atoms with van der Waals surface area (Å²) >= 11 is 0. The predicted molar refractivity (Wildman–Crippen MR) is 109 cm³/mol. The van der Waals surface area contributed by atoms with E-state index in [1.165, 1.54) is 0 Å². The summed E-state index contributed by atoms with van der Waals surface area (Å²) in [6.07, 6.45) is -4.40. The van der Waals surface area contributed by atoms with Gasteiger partial charge in [0.25, 0.3) is 0 Å². The highest BCUT2D eigenvalue weighted by molar-refractivity contribution is 5.79. The number of hydrogen-bond donors (Lipinski definition) is 2. The van der Waals surface area contributed by atoms with Gasteiger partial charge in [0.1, 0.15) is 5.75 Å². The van der Waals surface area contributed by atoms with Crippen molar-refractivity contribution in [3.05, 3.63) is 53.1 Å². The maximum atomic E-state index is 12.5. The van der Waals surface area contributed by atoms with Gasteiger partial charge < -0.3 is 24.8 Å². The third-order valence-electron chi connectivity index (χ3n) is 4.19. The molecule has 0 aliphatic carbocycles. The number of aliphatic imine (C=N–C) groups is 1. The minimum atomic E-state index is -4.40. The molecular weight excluding hydrogens is 399 g/mol. The second kappa shape index (κ2) is 10.6. The molecule has 0 aliphatic heterocycles. The molecule has 2 aromatic rings. The Bertz CT molecular complexity index is 870. The zero-order valence-electron chi connectivity index (χ0n) is 17.4. The summed E-state index contributed by atoms with van der Waals surface area (Å²) in [6, 6.07) is 10.7. The largest absolute Gasteiger partial charge is 0.493 e. The Morgan fingerprint density at radius 3 is 2.27 bits per heavy atom. The van der Waals surface area contributed by atoms with Crippen LogP contribution in [0.5, 0.6) is 17.2 Å². The number of benzene rings is 2. The average molecular weight is 425 g/mol. The minimum Gasteiger partial charge on any atom is -0.493 e. The van der Waals surface area contributed by atoms with Crippen LogP contribution in [-0.2, 0) is 13.1 Å². The molecule has 0 bridgehead atoms. The van der Waals surface area contributed by atoms with Crippen LogP contribution >= 0.6 is 0 Å². The van der Waals surface area contributed by atoms with Gasteiger partial charge in [-0.05, 0) is 36.2 Å². The van der Waals surface area contributed by atoms with Crippen molar-refractivity contribution >= 4 is 5.96 Å². The van der Waals surface area contributed by atoms with Gasteiger partial charge in [0, 0.05) is 25.7 Å². The van der Waals surface area contributed by atoms with E-state index < -0.39 is 12.8 Å². The van der Waals surface area contributed by atoms with Crippen LogP contribution in [0.2, 0.25) is 0 Å². The number of hydrogen-bond acceptors (Lipinski definition) is 4. The molecule has 164 valence electrons. The van der Waals surface area contributed by atoms with E-state index in [-0.39, 0.29) is 12.3 Å². The van der Waals surface area contributed by atoms with Gasteiger partial charge in [0.2, 0.25) is 0 Å². The van der Waals surface area contributed by atoms with E-state index in [2.05, 4.69) is 15.6 Å². The fourth-order valence-corrected chi connectivity index (χ4v) is 2.68. The second-order valence-electron chi connectivity index (χ2n) is 6.48. The highest BCUT2D eigenvalue weighted by Gasteiger charge is 2.28. The predicted octanol–water partition coefficient (Wildman–Crippen LogP) is 3.82. The van der Waals surface area contributed by atoms with E-state index in [1.54, 1.807) is 40.3 Å². The number of alkyl halides is 3. The second-order valence-corrected chi connectivity index (χ2v) is 6.48. The summed E-state index contributed by atoms with van der Waals surface area (Å²) in [5.74, 6) is 1.93. The zero-order chi connectivity index (χ0) is 22.1. The quantitative estimate of drug-likeness (QED) is 0.497. The van der Waals surface area contributed by atoms with Crippen LogP contribution in [0.4, 0.5) is 13.2 Å². The van der Waals surface area contributed by atoms with Crippen LogP contribution in [0.3, 0.4) is 0 Å². The molecule has 2 rings (SSSR count). The first-order valence-electron chi connectivity index (χ1n) is 9.20. The van der Waals surface area contributed by atoms with Crippen LogP contribution < -0.4 is 24.8 Å². The topological polar surface area (TPSA) is 64.1 Å². The normalized spacial score (nSPS) is 11.8. The standard InChI is InChI=1S/C21H26F3N3O3/c1-14-5-7-16(18(9-14)30-13-21(22,23)24)12-27-20(25-2)26-11-15-6-8-17(28-3)19(10-15)29-4/h5-10H,11-13H2,1-4H3,(H2,25,26,27). The highest BCUT2D eigenvalue weighted by Crippen LogP contribution is 2.27. The van der Waals surface area contributed by atoms with E-state index in [1.807, 2.05) is 24.3 Å².